The van der Waals surface area contributed by atoms with Crippen molar-refractivity contribution in [2.24, 2.45) is 0 Å². The summed E-state index contributed by atoms with van der Waals surface area (Å²) >= 11 is 4.91. The first-order valence-electron chi connectivity index (χ1n) is 6.45. The van der Waals surface area contributed by atoms with Crippen molar-refractivity contribution in [2.45, 2.75) is 25.8 Å². The van der Waals surface area contributed by atoms with Crippen LogP contribution in [0.5, 0.6) is 0 Å². The van der Waals surface area contributed by atoms with Crippen LogP contribution in [0, 0.1) is 11.6 Å². The predicted octanol–water partition coefficient (Wildman–Crippen LogP) is 4.85. The van der Waals surface area contributed by atoms with Gasteiger partial charge in [-0.25, -0.2) is 8.78 Å². The van der Waals surface area contributed by atoms with Crippen LogP contribution >= 0.6 is 27.3 Å². The summed E-state index contributed by atoms with van der Waals surface area (Å²) in [5.74, 6) is -1.66. The van der Waals surface area contributed by atoms with Gasteiger partial charge in [0.15, 0.2) is 11.6 Å². The molecule has 0 aliphatic rings. The molecule has 2 aromatic rings. The average Bonchev–Trinajstić information content (AvgIpc) is 2.91. The maximum atomic E-state index is 13.6. The van der Waals surface area contributed by atoms with Crippen LogP contribution in [0.3, 0.4) is 0 Å². The number of hydrogen-bond acceptors (Lipinski definition) is 2. The molecule has 0 aliphatic heterocycles. The van der Waals surface area contributed by atoms with Gasteiger partial charge in [-0.1, -0.05) is 13.0 Å². The Labute approximate surface area is 130 Å². The fourth-order valence-electron chi connectivity index (χ4n) is 2.10. The van der Waals surface area contributed by atoms with Crippen molar-refractivity contribution in [1.29, 1.82) is 0 Å². The Bertz CT molecular complexity index is 598. The predicted molar refractivity (Wildman–Crippen MR) is 83.3 cm³/mol. The molecule has 0 radical (unpaired) electrons. The minimum atomic E-state index is -0.833. The third kappa shape index (κ3) is 3.27. The fraction of sp³-hybridized carbons (Fsp3) is 0.333. The minimum absolute atomic E-state index is 0.0529. The van der Waals surface area contributed by atoms with Crippen LogP contribution < -0.4 is 5.32 Å². The molecule has 0 aliphatic carbocycles. The highest BCUT2D eigenvalue weighted by Gasteiger charge is 2.18. The maximum Gasteiger partial charge on any atom is 0.173 e. The van der Waals surface area contributed by atoms with Crippen LogP contribution in [0.1, 0.15) is 28.3 Å². The maximum absolute atomic E-state index is 13.6. The van der Waals surface area contributed by atoms with E-state index >= 15 is 0 Å². The van der Waals surface area contributed by atoms with Gasteiger partial charge in [-0.15, -0.1) is 11.3 Å². The van der Waals surface area contributed by atoms with E-state index < -0.39 is 11.6 Å². The summed E-state index contributed by atoms with van der Waals surface area (Å²) < 4.78 is 27.0. The lowest BCUT2D eigenvalue weighted by Crippen LogP contribution is -2.19. The molecule has 1 unspecified atom stereocenters. The zero-order chi connectivity index (χ0) is 14.7. The second-order valence-electron chi connectivity index (χ2n) is 4.53. The second kappa shape index (κ2) is 6.78. The SMILES string of the molecule is CCc1ccc(CC(NC)c2ccc(F)c(F)c2Br)s1. The Balaban J connectivity index is 2.26. The lowest BCUT2D eigenvalue weighted by atomic mass is 10.0. The summed E-state index contributed by atoms with van der Waals surface area (Å²) in [5, 5.41) is 3.17. The zero-order valence-electron chi connectivity index (χ0n) is 11.3. The second-order valence-corrected chi connectivity index (χ2v) is 6.58. The third-order valence-electron chi connectivity index (χ3n) is 3.26. The third-order valence-corrected chi connectivity index (χ3v) is 5.32. The van der Waals surface area contributed by atoms with Gasteiger partial charge in [-0.3, -0.25) is 0 Å². The van der Waals surface area contributed by atoms with Crippen LogP contribution in [0.4, 0.5) is 8.78 Å². The number of aryl methyl sites for hydroxylation is 1. The number of hydrogen-bond donors (Lipinski definition) is 1. The van der Waals surface area contributed by atoms with Crippen molar-refractivity contribution in [3.63, 3.8) is 0 Å². The molecule has 5 heteroatoms. The van der Waals surface area contributed by atoms with Crippen molar-refractivity contribution in [3.05, 3.63) is 55.7 Å². The monoisotopic (exact) mass is 359 g/mol. The quantitative estimate of drug-likeness (QED) is 0.752. The molecule has 0 saturated heterocycles. The molecule has 1 N–H and O–H groups in total. The molecule has 0 spiro atoms. The average molecular weight is 360 g/mol. The number of rotatable bonds is 5. The highest BCUT2D eigenvalue weighted by atomic mass is 79.9. The Kier molecular flexibility index (Phi) is 5.29. The molecule has 20 heavy (non-hydrogen) atoms. The van der Waals surface area contributed by atoms with Crippen molar-refractivity contribution >= 4 is 27.3 Å². The van der Waals surface area contributed by atoms with E-state index in [9.17, 15) is 8.78 Å². The molecule has 1 atom stereocenters. The largest absolute Gasteiger partial charge is 0.313 e. The standard InChI is InChI=1S/C15H16BrF2NS/c1-3-9-4-5-10(20-9)8-13(19-2)11-6-7-12(17)15(18)14(11)16/h4-7,13,19H,3,8H2,1-2H3. The molecule has 1 nitrogen and oxygen atoms in total. The van der Waals surface area contributed by atoms with Gasteiger partial charge in [-0.2, -0.15) is 0 Å². The molecule has 0 bridgehead atoms. The Morgan fingerprint density at radius 2 is 1.90 bits per heavy atom. The van der Waals surface area contributed by atoms with E-state index in [-0.39, 0.29) is 10.5 Å². The summed E-state index contributed by atoms with van der Waals surface area (Å²) in [6.45, 7) is 2.12. The van der Waals surface area contributed by atoms with E-state index in [2.05, 4.69) is 40.3 Å². The first-order chi connectivity index (χ1) is 9.56. The molecule has 0 saturated carbocycles. The van der Waals surface area contributed by atoms with E-state index in [1.54, 1.807) is 17.4 Å². The summed E-state index contributed by atoms with van der Waals surface area (Å²) in [6, 6.07) is 6.96. The lowest BCUT2D eigenvalue weighted by Gasteiger charge is -2.18. The topological polar surface area (TPSA) is 12.0 Å². The van der Waals surface area contributed by atoms with Gasteiger partial charge in [0, 0.05) is 22.2 Å². The first-order valence-corrected chi connectivity index (χ1v) is 8.06. The Morgan fingerprint density at radius 3 is 2.50 bits per heavy atom. The van der Waals surface area contributed by atoms with Crippen LogP contribution in [-0.2, 0) is 12.8 Å². The first kappa shape index (κ1) is 15.6. The summed E-state index contributed by atoms with van der Waals surface area (Å²) in [5.41, 5.74) is 0.734. The normalized spacial score (nSPS) is 12.7. The molecule has 1 aromatic carbocycles. The molecule has 1 heterocycles. The fourth-order valence-corrected chi connectivity index (χ4v) is 3.70. The van der Waals surface area contributed by atoms with Crippen LogP contribution in [-0.4, -0.2) is 7.05 Å². The van der Waals surface area contributed by atoms with Gasteiger partial charge >= 0.3 is 0 Å². The summed E-state index contributed by atoms with van der Waals surface area (Å²) in [6.07, 6.45) is 1.77. The smallest absolute Gasteiger partial charge is 0.173 e. The summed E-state index contributed by atoms with van der Waals surface area (Å²) in [7, 11) is 1.83. The van der Waals surface area contributed by atoms with E-state index in [0.29, 0.717) is 0 Å². The number of nitrogens with one attached hydrogen (secondary N) is 1. The molecular formula is C15H16BrF2NS. The minimum Gasteiger partial charge on any atom is -0.313 e. The molecule has 0 amide bonds. The van der Waals surface area contributed by atoms with Crippen molar-refractivity contribution < 1.29 is 8.78 Å². The summed E-state index contributed by atoms with van der Waals surface area (Å²) in [4.78, 5) is 2.57. The highest BCUT2D eigenvalue weighted by molar-refractivity contribution is 9.10. The van der Waals surface area contributed by atoms with Gasteiger partial charge in [-0.05, 0) is 53.2 Å². The number of thiophene rings is 1. The highest BCUT2D eigenvalue weighted by Crippen LogP contribution is 2.31. The van der Waals surface area contributed by atoms with E-state index in [1.165, 1.54) is 15.8 Å². The van der Waals surface area contributed by atoms with Gasteiger partial charge < -0.3 is 5.32 Å². The van der Waals surface area contributed by atoms with Gasteiger partial charge in [0.2, 0.25) is 0 Å². The van der Waals surface area contributed by atoms with Gasteiger partial charge in [0.05, 0.1) is 4.47 Å². The van der Waals surface area contributed by atoms with E-state index in [4.69, 9.17) is 0 Å². The Morgan fingerprint density at radius 1 is 1.20 bits per heavy atom. The van der Waals surface area contributed by atoms with Gasteiger partial charge in [0.1, 0.15) is 0 Å². The lowest BCUT2D eigenvalue weighted by molar-refractivity contribution is 0.495. The molecular weight excluding hydrogens is 344 g/mol. The number of benzene rings is 1. The molecule has 2 rings (SSSR count). The molecule has 1 aromatic heterocycles. The molecule has 108 valence electrons. The Hall–Kier alpha value is -0.780. The van der Waals surface area contributed by atoms with Gasteiger partial charge in [0.25, 0.3) is 0 Å². The number of halogens is 3. The zero-order valence-corrected chi connectivity index (χ0v) is 13.7. The van der Waals surface area contributed by atoms with E-state index in [0.717, 1.165) is 18.4 Å². The van der Waals surface area contributed by atoms with Crippen molar-refractivity contribution in [1.82, 2.24) is 5.32 Å². The van der Waals surface area contributed by atoms with Crippen LogP contribution in [0.2, 0.25) is 0 Å². The van der Waals surface area contributed by atoms with E-state index in [1.807, 2.05) is 7.05 Å². The molecule has 0 fully saturated rings. The van der Waals surface area contributed by atoms with Crippen LogP contribution in [0.15, 0.2) is 28.7 Å². The van der Waals surface area contributed by atoms with Crippen molar-refractivity contribution in [3.8, 4) is 0 Å². The van der Waals surface area contributed by atoms with Crippen LogP contribution in [0.25, 0.3) is 0 Å². The number of likely N-dealkylation sites (N-methyl/N-ethyl adjacent to an activating group) is 1. The van der Waals surface area contributed by atoms with Crippen molar-refractivity contribution in [2.75, 3.05) is 7.05 Å².